The molecular formula is C19H28O6. The van der Waals surface area contributed by atoms with E-state index in [-0.39, 0.29) is 12.6 Å². The monoisotopic (exact) mass is 352 g/mol. The van der Waals surface area contributed by atoms with Crippen molar-refractivity contribution in [3.05, 3.63) is 42.0 Å². The van der Waals surface area contributed by atoms with E-state index in [1.807, 2.05) is 30.3 Å². The second-order valence-electron chi connectivity index (χ2n) is 5.11. The highest BCUT2D eigenvalue weighted by Crippen LogP contribution is 2.07. The van der Waals surface area contributed by atoms with Gasteiger partial charge in [0.2, 0.25) is 0 Å². The second-order valence-corrected chi connectivity index (χ2v) is 5.11. The quantitative estimate of drug-likeness (QED) is 0.291. The van der Waals surface area contributed by atoms with Crippen LogP contribution >= 0.6 is 0 Å². The van der Waals surface area contributed by atoms with E-state index < -0.39 is 0 Å². The van der Waals surface area contributed by atoms with E-state index in [9.17, 15) is 4.79 Å². The minimum absolute atomic E-state index is 0.245. The molecule has 1 aromatic carbocycles. The fourth-order valence-electron chi connectivity index (χ4n) is 1.70. The molecule has 140 valence electrons. The number of carbonyl (C=O) groups excluding carboxylic acids is 1. The highest BCUT2D eigenvalue weighted by atomic mass is 16.6. The van der Waals surface area contributed by atoms with Gasteiger partial charge in [0.05, 0.1) is 39.6 Å². The lowest BCUT2D eigenvalue weighted by atomic mass is 10.3. The van der Waals surface area contributed by atoms with Gasteiger partial charge in [-0.2, -0.15) is 0 Å². The summed E-state index contributed by atoms with van der Waals surface area (Å²) in [5, 5.41) is 0. The smallest absolute Gasteiger partial charge is 0.333 e. The minimum Gasteiger partial charge on any atom is -0.491 e. The molecule has 0 atom stereocenters. The average Bonchev–Trinajstić information content (AvgIpc) is 2.65. The number of hydrogen-bond acceptors (Lipinski definition) is 6. The Morgan fingerprint density at radius 1 is 0.840 bits per heavy atom. The van der Waals surface area contributed by atoms with Gasteiger partial charge < -0.3 is 23.7 Å². The molecule has 0 bridgehead atoms. The lowest BCUT2D eigenvalue weighted by molar-refractivity contribution is -0.140. The Kier molecular flexibility index (Phi) is 12.2. The van der Waals surface area contributed by atoms with Crippen LogP contribution in [0.2, 0.25) is 0 Å². The summed E-state index contributed by atoms with van der Waals surface area (Å²) in [6.07, 6.45) is 1.72. The first-order valence-electron chi connectivity index (χ1n) is 8.45. The van der Waals surface area contributed by atoms with Crippen molar-refractivity contribution in [3.63, 3.8) is 0 Å². The summed E-state index contributed by atoms with van der Waals surface area (Å²) in [5.74, 6) is 0.529. The molecule has 0 saturated carbocycles. The fraction of sp³-hybridized carbons (Fsp3) is 0.526. The SMILES string of the molecule is CC=C(C)C(=O)OCCOCCOCCOCCOc1ccccc1. The summed E-state index contributed by atoms with van der Waals surface area (Å²) in [4.78, 5) is 11.3. The van der Waals surface area contributed by atoms with Crippen molar-refractivity contribution in [3.8, 4) is 5.75 Å². The van der Waals surface area contributed by atoms with Gasteiger partial charge in [-0.3, -0.25) is 0 Å². The molecule has 25 heavy (non-hydrogen) atoms. The number of rotatable bonds is 14. The Morgan fingerprint density at radius 2 is 1.36 bits per heavy atom. The fourth-order valence-corrected chi connectivity index (χ4v) is 1.70. The lowest BCUT2D eigenvalue weighted by Crippen LogP contribution is -2.15. The Labute approximate surface area is 149 Å². The molecular weight excluding hydrogens is 324 g/mol. The van der Waals surface area contributed by atoms with E-state index in [0.29, 0.717) is 51.8 Å². The maximum absolute atomic E-state index is 11.3. The molecule has 0 aromatic heterocycles. The van der Waals surface area contributed by atoms with Crippen LogP contribution in [0.4, 0.5) is 0 Å². The molecule has 0 fully saturated rings. The number of para-hydroxylation sites is 1. The largest absolute Gasteiger partial charge is 0.491 e. The Morgan fingerprint density at radius 3 is 1.92 bits per heavy atom. The summed E-state index contributed by atoms with van der Waals surface area (Å²) >= 11 is 0. The summed E-state index contributed by atoms with van der Waals surface area (Å²) in [7, 11) is 0. The topological polar surface area (TPSA) is 63.2 Å². The first-order chi connectivity index (χ1) is 12.2. The van der Waals surface area contributed by atoms with Gasteiger partial charge in [0.25, 0.3) is 0 Å². The van der Waals surface area contributed by atoms with Crippen LogP contribution in [0.15, 0.2) is 42.0 Å². The zero-order valence-corrected chi connectivity index (χ0v) is 15.1. The molecule has 6 nitrogen and oxygen atoms in total. The van der Waals surface area contributed by atoms with Crippen molar-refractivity contribution in [2.75, 3.05) is 52.9 Å². The van der Waals surface area contributed by atoms with Crippen LogP contribution in [0.25, 0.3) is 0 Å². The molecule has 0 N–H and O–H groups in total. The van der Waals surface area contributed by atoms with Gasteiger partial charge in [0, 0.05) is 5.57 Å². The number of esters is 1. The van der Waals surface area contributed by atoms with Gasteiger partial charge >= 0.3 is 5.97 Å². The minimum atomic E-state index is -0.309. The Bertz CT molecular complexity index is 486. The second kappa shape index (κ2) is 14.5. The normalized spacial score (nSPS) is 11.4. The van der Waals surface area contributed by atoms with Crippen LogP contribution in [0.1, 0.15) is 13.8 Å². The first kappa shape index (κ1) is 21.2. The third-order valence-corrected chi connectivity index (χ3v) is 3.20. The zero-order valence-electron chi connectivity index (χ0n) is 15.1. The maximum Gasteiger partial charge on any atom is 0.333 e. The van der Waals surface area contributed by atoms with Crippen molar-refractivity contribution in [2.24, 2.45) is 0 Å². The molecule has 0 heterocycles. The Balaban J connectivity index is 1.79. The van der Waals surface area contributed by atoms with Crippen LogP contribution in [0, 0.1) is 0 Å². The number of hydrogen-bond donors (Lipinski definition) is 0. The maximum atomic E-state index is 11.3. The predicted octanol–water partition coefficient (Wildman–Crippen LogP) is 2.62. The van der Waals surface area contributed by atoms with Crippen molar-refractivity contribution < 1.29 is 28.5 Å². The Hall–Kier alpha value is -1.89. The molecule has 0 unspecified atom stereocenters. The van der Waals surface area contributed by atoms with Gasteiger partial charge in [-0.05, 0) is 26.0 Å². The molecule has 1 aromatic rings. The van der Waals surface area contributed by atoms with E-state index in [1.54, 1.807) is 19.9 Å². The highest BCUT2D eigenvalue weighted by Gasteiger charge is 2.03. The van der Waals surface area contributed by atoms with Crippen LogP contribution in [-0.4, -0.2) is 58.8 Å². The van der Waals surface area contributed by atoms with Crippen molar-refractivity contribution in [2.45, 2.75) is 13.8 Å². The van der Waals surface area contributed by atoms with E-state index >= 15 is 0 Å². The van der Waals surface area contributed by atoms with Gasteiger partial charge in [0.1, 0.15) is 19.0 Å². The molecule has 0 amide bonds. The van der Waals surface area contributed by atoms with Gasteiger partial charge in [-0.1, -0.05) is 24.3 Å². The molecule has 0 saturated heterocycles. The molecule has 6 heteroatoms. The van der Waals surface area contributed by atoms with Crippen LogP contribution in [0.5, 0.6) is 5.75 Å². The van der Waals surface area contributed by atoms with Crippen LogP contribution in [0.3, 0.4) is 0 Å². The summed E-state index contributed by atoms with van der Waals surface area (Å²) in [5.41, 5.74) is 0.595. The molecule has 0 aliphatic carbocycles. The van der Waals surface area contributed by atoms with Crippen molar-refractivity contribution >= 4 is 5.97 Å². The third kappa shape index (κ3) is 11.3. The van der Waals surface area contributed by atoms with Crippen molar-refractivity contribution in [1.82, 2.24) is 0 Å². The van der Waals surface area contributed by atoms with E-state index in [2.05, 4.69) is 0 Å². The number of carbonyl (C=O) groups is 1. The molecule has 0 spiro atoms. The van der Waals surface area contributed by atoms with E-state index in [0.717, 1.165) is 5.75 Å². The summed E-state index contributed by atoms with van der Waals surface area (Å²) in [6, 6.07) is 9.62. The summed E-state index contributed by atoms with van der Waals surface area (Å²) < 4.78 is 26.6. The zero-order chi connectivity index (χ0) is 18.2. The van der Waals surface area contributed by atoms with Crippen LogP contribution in [-0.2, 0) is 23.7 Å². The number of allylic oxidation sites excluding steroid dienone is 1. The number of ether oxygens (including phenoxy) is 5. The third-order valence-electron chi connectivity index (χ3n) is 3.20. The first-order valence-corrected chi connectivity index (χ1v) is 8.45. The molecule has 0 radical (unpaired) electrons. The predicted molar refractivity (Wildman–Crippen MR) is 94.8 cm³/mol. The standard InChI is InChI=1S/C19H28O6/c1-3-17(2)19(20)25-16-14-23-12-10-21-9-11-22-13-15-24-18-7-5-4-6-8-18/h3-8H,9-16H2,1-2H3. The van der Waals surface area contributed by atoms with Gasteiger partial charge in [0.15, 0.2) is 0 Å². The van der Waals surface area contributed by atoms with E-state index in [4.69, 9.17) is 23.7 Å². The van der Waals surface area contributed by atoms with Crippen molar-refractivity contribution in [1.29, 1.82) is 0 Å². The average molecular weight is 352 g/mol. The molecule has 0 aliphatic rings. The molecule has 1 rings (SSSR count). The van der Waals surface area contributed by atoms with E-state index in [1.165, 1.54) is 0 Å². The number of benzene rings is 1. The highest BCUT2D eigenvalue weighted by molar-refractivity contribution is 5.87. The molecule has 0 aliphatic heterocycles. The summed E-state index contributed by atoms with van der Waals surface area (Å²) in [6.45, 7) is 7.10. The van der Waals surface area contributed by atoms with Gasteiger partial charge in [-0.25, -0.2) is 4.79 Å². The lowest BCUT2D eigenvalue weighted by Gasteiger charge is -2.08. The van der Waals surface area contributed by atoms with Crippen LogP contribution < -0.4 is 4.74 Å². The van der Waals surface area contributed by atoms with Gasteiger partial charge in [-0.15, -0.1) is 0 Å².